The van der Waals surface area contributed by atoms with Crippen molar-refractivity contribution in [3.63, 3.8) is 0 Å². The highest BCUT2D eigenvalue weighted by atomic mass is 32.2. The van der Waals surface area contributed by atoms with Crippen molar-refractivity contribution in [1.82, 2.24) is 4.90 Å². The first-order valence-electron chi connectivity index (χ1n) is 6.33. The number of hydrogen-bond acceptors (Lipinski definition) is 3. The zero-order valence-electron chi connectivity index (χ0n) is 11.6. The third-order valence-corrected chi connectivity index (χ3v) is 5.67. The molecular weight excluding hydrogens is 246 g/mol. The van der Waals surface area contributed by atoms with Crippen molar-refractivity contribution >= 4 is 9.84 Å². The molecule has 0 N–H and O–H groups in total. The van der Waals surface area contributed by atoms with Gasteiger partial charge in [0.2, 0.25) is 0 Å². The number of rotatable bonds is 6. The van der Waals surface area contributed by atoms with Crippen LogP contribution in [0, 0.1) is 0 Å². The molecule has 0 saturated heterocycles. The van der Waals surface area contributed by atoms with Crippen LogP contribution in [0.15, 0.2) is 30.3 Å². The summed E-state index contributed by atoms with van der Waals surface area (Å²) in [5.41, 5.74) is 0.882. The zero-order valence-corrected chi connectivity index (χ0v) is 12.4. The van der Waals surface area contributed by atoms with Gasteiger partial charge in [-0.1, -0.05) is 37.3 Å². The molecule has 102 valence electrons. The summed E-state index contributed by atoms with van der Waals surface area (Å²) in [6.07, 6.45) is 0.659. The third kappa shape index (κ3) is 3.56. The van der Waals surface area contributed by atoms with E-state index in [1.807, 2.05) is 63.2 Å². The smallest absolute Gasteiger partial charge is 0.158 e. The summed E-state index contributed by atoms with van der Waals surface area (Å²) in [5, 5.41) is -0.450. The molecule has 1 aromatic rings. The second-order valence-corrected chi connectivity index (χ2v) is 7.14. The molecular formula is C14H23NO2S. The SMILES string of the molecule is CCCS(=O)(=O)C(c1ccccc1)[C@H](C)N(C)C. The molecule has 3 nitrogen and oxygen atoms in total. The molecule has 0 fully saturated rings. The average molecular weight is 269 g/mol. The Balaban J connectivity index is 3.20. The fourth-order valence-corrected chi connectivity index (χ4v) is 4.35. The molecule has 0 amide bonds. The molecule has 0 radical (unpaired) electrons. The lowest BCUT2D eigenvalue weighted by atomic mass is 10.1. The Bertz CT molecular complexity index is 454. The fourth-order valence-electron chi connectivity index (χ4n) is 2.11. The largest absolute Gasteiger partial charge is 0.305 e. The van der Waals surface area contributed by atoms with Crippen LogP contribution in [0.1, 0.15) is 31.1 Å². The predicted octanol–water partition coefficient (Wildman–Crippen LogP) is 2.50. The molecule has 4 heteroatoms. The van der Waals surface area contributed by atoms with Gasteiger partial charge in [0.25, 0.3) is 0 Å². The van der Waals surface area contributed by atoms with Crippen molar-refractivity contribution in [3.05, 3.63) is 35.9 Å². The summed E-state index contributed by atoms with van der Waals surface area (Å²) in [7, 11) is 0.726. The molecule has 0 spiro atoms. The Labute approximate surface area is 111 Å². The summed E-state index contributed by atoms with van der Waals surface area (Å²) >= 11 is 0. The summed E-state index contributed by atoms with van der Waals surface area (Å²) < 4.78 is 24.9. The standard InChI is InChI=1S/C14H23NO2S/c1-5-11-18(16,17)14(12(2)15(3)4)13-9-7-6-8-10-13/h6-10,12,14H,5,11H2,1-4H3/t12-,14?/m0/s1. The van der Waals surface area contributed by atoms with E-state index in [1.165, 1.54) is 0 Å². The molecule has 0 aliphatic rings. The molecule has 2 atom stereocenters. The maximum Gasteiger partial charge on any atom is 0.158 e. The van der Waals surface area contributed by atoms with Crippen LogP contribution in [0.2, 0.25) is 0 Å². The highest BCUT2D eigenvalue weighted by Crippen LogP contribution is 2.29. The van der Waals surface area contributed by atoms with Gasteiger partial charge in [0.1, 0.15) is 5.25 Å². The van der Waals surface area contributed by atoms with Crippen LogP contribution < -0.4 is 0 Å². The topological polar surface area (TPSA) is 37.4 Å². The van der Waals surface area contributed by atoms with Crippen LogP contribution >= 0.6 is 0 Å². The molecule has 0 aromatic heterocycles. The number of sulfone groups is 1. The number of nitrogens with zero attached hydrogens (tertiary/aromatic N) is 1. The van der Waals surface area contributed by atoms with E-state index in [0.717, 1.165) is 5.56 Å². The third-order valence-electron chi connectivity index (χ3n) is 3.26. The second-order valence-electron chi connectivity index (χ2n) is 4.90. The number of likely N-dealkylation sites (N-methyl/N-ethyl adjacent to an activating group) is 1. The Morgan fingerprint density at radius 2 is 1.72 bits per heavy atom. The number of benzene rings is 1. The first-order chi connectivity index (χ1) is 8.40. The summed E-state index contributed by atoms with van der Waals surface area (Å²) in [5.74, 6) is 0.241. The van der Waals surface area contributed by atoms with Crippen molar-refractivity contribution in [2.75, 3.05) is 19.8 Å². The van der Waals surface area contributed by atoms with Crippen LogP contribution in [-0.4, -0.2) is 39.2 Å². The maximum atomic E-state index is 12.5. The van der Waals surface area contributed by atoms with E-state index >= 15 is 0 Å². The zero-order chi connectivity index (χ0) is 13.8. The summed E-state index contributed by atoms with van der Waals surface area (Å²) in [6, 6.07) is 9.46. The van der Waals surface area contributed by atoms with E-state index < -0.39 is 15.1 Å². The van der Waals surface area contributed by atoms with Crippen molar-refractivity contribution in [1.29, 1.82) is 0 Å². The minimum Gasteiger partial charge on any atom is -0.305 e. The first kappa shape index (κ1) is 15.2. The van der Waals surface area contributed by atoms with Crippen LogP contribution in [-0.2, 0) is 9.84 Å². The molecule has 18 heavy (non-hydrogen) atoms. The van der Waals surface area contributed by atoms with E-state index in [9.17, 15) is 8.42 Å². The predicted molar refractivity (Wildman–Crippen MR) is 76.4 cm³/mol. The second kappa shape index (κ2) is 6.34. The van der Waals surface area contributed by atoms with Gasteiger partial charge in [-0.05, 0) is 33.0 Å². The molecule has 0 heterocycles. The molecule has 0 saturated carbocycles. The Morgan fingerprint density at radius 1 is 1.17 bits per heavy atom. The molecule has 0 aliphatic carbocycles. The fraction of sp³-hybridized carbons (Fsp3) is 0.571. The Morgan fingerprint density at radius 3 is 2.17 bits per heavy atom. The average Bonchev–Trinajstić information content (AvgIpc) is 2.29. The lowest BCUT2D eigenvalue weighted by molar-refractivity contribution is 0.302. The molecule has 1 unspecified atom stereocenters. The van der Waals surface area contributed by atoms with Gasteiger partial charge in [-0.3, -0.25) is 0 Å². The lowest BCUT2D eigenvalue weighted by Gasteiger charge is -2.29. The van der Waals surface area contributed by atoms with Crippen molar-refractivity contribution in [3.8, 4) is 0 Å². The maximum absolute atomic E-state index is 12.5. The quantitative estimate of drug-likeness (QED) is 0.796. The summed E-state index contributed by atoms with van der Waals surface area (Å²) in [6.45, 7) is 3.87. The van der Waals surface area contributed by atoms with Crippen molar-refractivity contribution < 1.29 is 8.42 Å². The minimum atomic E-state index is -3.11. The highest BCUT2D eigenvalue weighted by molar-refractivity contribution is 7.91. The highest BCUT2D eigenvalue weighted by Gasteiger charge is 2.32. The first-order valence-corrected chi connectivity index (χ1v) is 8.04. The molecule has 1 rings (SSSR count). The van der Waals surface area contributed by atoms with E-state index in [2.05, 4.69) is 0 Å². The van der Waals surface area contributed by atoms with Crippen LogP contribution in [0.5, 0.6) is 0 Å². The van der Waals surface area contributed by atoms with E-state index in [-0.39, 0.29) is 11.8 Å². The summed E-state index contributed by atoms with van der Waals surface area (Å²) in [4.78, 5) is 1.96. The Kier molecular flexibility index (Phi) is 5.35. The van der Waals surface area contributed by atoms with Crippen LogP contribution in [0.4, 0.5) is 0 Å². The van der Waals surface area contributed by atoms with E-state index in [0.29, 0.717) is 6.42 Å². The van der Waals surface area contributed by atoms with Crippen LogP contribution in [0.3, 0.4) is 0 Å². The number of hydrogen-bond donors (Lipinski definition) is 0. The normalized spacial score (nSPS) is 15.6. The van der Waals surface area contributed by atoms with Gasteiger partial charge < -0.3 is 4.90 Å². The van der Waals surface area contributed by atoms with Gasteiger partial charge in [-0.15, -0.1) is 0 Å². The van der Waals surface area contributed by atoms with Gasteiger partial charge >= 0.3 is 0 Å². The van der Waals surface area contributed by atoms with Crippen molar-refractivity contribution in [2.24, 2.45) is 0 Å². The van der Waals surface area contributed by atoms with Gasteiger partial charge in [-0.25, -0.2) is 8.42 Å². The molecule has 0 bridgehead atoms. The van der Waals surface area contributed by atoms with E-state index in [1.54, 1.807) is 0 Å². The van der Waals surface area contributed by atoms with E-state index in [4.69, 9.17) is 0 Å². The van der Waals surface area contributed by atoms with Gasteiger partial charge in [0, 0.05) is 6.04 Å². The monoisotopic (exact) mass is 269 g/mol. The van der Waals surface area contributed by atoms with Crippen LogP contribution in [0.25, 0.3) is 0 Å². The van der Waals surface area contributed by atoms with Gasteiger partial charge in [0.15, 0.2) is 9.84 Å². The van der Waals surface area contributed by atoms with Gasteiger partial charge in [0.05, 0.1) is 5.75 Å². The molecule has 0 aliphatic heterocycles. The minimum absolute atomic E-state index is 0.0380. The van der Waals surface area contributed by atoms with Gasteiger partial charge in [-0.2, -0.15) is 0 Å². The Hall–Kier alpha value is -0.870. The van der Waals surface area contributed by atoms with Crippen molar-refractivity contribution in [2.45, 2.75) is 31.6 Å². The molecule has 1 aromatic carbocycles. The lowest BCUT2D eigenvalue weighted by Crippen LogP contribution is -2.36.